The molecule has 16 heavy (non-hydrogen) atoms. The van der Waals surface area contributed by atoms with Crippen LogP contribution in [0.5, 0.6) is 0 Å². The van der Waals surface area contributed by atoms with E-state index < -0.39 is 0 Å². The SMILES string of the molecule is CC(N)CCCC(=O)Cc1ccc(Cl)cc1. The summed E-state index contributed by atoms with van der Waals surface area (Å²) >= 11 is 5.77. The molecule has 1 aromatic rings. The molecule has 2 N–H and O–H groups in total. The summed E-state index contributed by atoms with van der Waals surface area (Å²) < 4.78 is 0. The highest BCUT2D eigenvalue weighted by molar-refractivity contribution is 6.30. The highest BCUT2D eigenvalue weighted by Gasteiger charge is 2.04. The molecule has 2 nitrogen and oxygen atoms in total. The molecule has 0 aliphatic heterocycles. The van der Waals surface area contributed by atoms with Crippen LogP contribution in [0.15, 0.2) is 24.3 Å². The van der Waals surface area contributed by atoms with Crippen molar-refractivity contribution in [3.63, 3.8) is 0 Å². The normalized spacial score (nSPS) is 12.4. The number of halogens is 1. The van der Waals surface area contributed by atoms with Crippen LogP contribution < -0.4 is 5.73 Å². The smallest absolute Gasteiger partial charge is 0.137 e. The highest BCUT2D eigenvalue weighted by Crippen LogP contribution is 2.11. The Labute approximate surface area is 102 Å². The largest absolute Gasteiger partial charge is 0.328 e. The molecular formula is C13H18ClNO. The molecule has 0 heterocycles. The Morgan fingerprint density at radius 2 is 2.00 bits per heavy atom. The molecule has 0 amide bonds. The summed E-state index contributed by atoms with van der Waals surface area (Å²) in [6.07, 6.45) is 2.90. The third-order valence-electron chi connectivity index (χ3n) is 2.43. The fourth-order valence-electron chi connectivity index (χ4n) is 1.54. The monoisotopic (exact) mass is 239 g/mol. The Balaban J connectivity index is 2.31. The number of hydrogen-bond acceptors (Lipinski definition) is 2. The van der Waals surface area contributed by atoms with Crippen LogP contribution in [0.25, 0.3) is 0 Å². The van der Waals surface area contributed by atoms with Crippen molar-refractivity contribution in [2.75, 3.05) is 0 Å². The average molecular weight is 240 g/mol. The van der Waals surface area contributed by atoms with E-state index in [0.717, 1.165) is 18.4 Å². The fourth-order valence-corrected chi connectivity index (χ4v) is 1.67. The number of ketones is 1. The van der Waals surface area contributed by atoms with E-state index in [2.05, 4.69) is 0 Å². The van der Waals surface area contributed by atoms with Gasteiger partial charge in [-0.05, 0) is 37.5 Å². The van der Waals surface area contributed by atoms with Gasteiger partial charge < -0.3 is 5.73 Å². The molecule has 0 spiro atoms. The number of Topliss-reactive ketones (excluding diaryl/α,β-unsaturated/α-hetero) is 1. The number of rotatable bonds is 6. The molecule has 1 rings (SSSR count). The Bertz CT molecular complexity index is 332. The molecule has 1 atom stereocenters. The predicted octanol–water partition coefficient (Wildman–Crippen LogP) is 2.97. The summed E-state index contributed by atoms with van der Waals surface area (Å²) in [6.45, 7) is 1.96. The van der Waals surface area contributed by atoms with Gasteiger partial charge in [-0.2, -0.15) is 0 Å². The third-order valence-corrected chi connectivity index (χ3v) is 2.68. The first kappa shape index (κ1) is 13.2. The van der Waals surface area contributed by atoms with Crippen molar-refractivity contribution in [2.45, 2.75) is 38.6 Å². The van der Waals surface area contributed by atoms with Crippen molar-refractivity contribution in [2.24, 2.45) is 5.73 Å². The van der Waals surface area contributed by atoms with Gasteiger partial charge in [0.15, 0.2) is 0 Å². The van der Waals surface area contributed by atoms with Crippen molar-refractivity contribution in [3.8, 4) is 0 Å². The molecule has 0 bridgehead atoms. The first-order chi connectivity index (χ1) is 7.58. The highest BCUT2D eigenvalue weighted by atomic mass is 35.5. The van der Waals surface area contributed by atoms with Crippen LogP contribution in [0.2, 0.25) is 5.02 Å². The Kier molecular flexibility index (Phi) is 5.50. The molecule has 0 radical (unpaired) electrons. The van der Waals surface area contributed by atoms with Crippen molar-refractivity contribution in [1.82, 2.24) is 0 Å². The van der Waals surface area contributed by atoms with E-state index in [9.17, 15) is 4.79 Å². The molecule has 1 unspecified atom stereocenters. The zero-order chi connectivity index (χ0) is 12.0. The zero-order valence-electron chi connectivity index (χ0n) is 9.58. The second-order valence-electron chi connectivity index (χ2n) is 4.21. The zero-order valence-corrected chi connectivity index (χ0v) is 10.3. The minimum absolute atomic E-state index is 0.184. The van der Waals surface area contributed by atoms with Gasteiger partial charge in [-0.1, -0.05) is 23.7 Å². The molecule has 0 saturated carbocycles. The lowest BCUT2D eigenvalue weighted by Gasteiger charge is -2.04. The second kappa shape index (κ2) is 6.66. The standard InChI is InChI=1S/C13H18ClNO/c1-10(15)3-2-4-13(16)9-11-5-7-12(14)8-6-11/h5-8,10H,2-4,9,15H2,1H3. The molecule has 1 aromatic carbocycles. The van der Waals surface area contributed by atoms with Gasteiger partial charge in [0.2, 0.25) is 0 Å². The minimum Gasteiger partial charge on any atom is -0.328 e. The summed E-state index contributed by atoms with van der Waals surface area (Å²) in [5.74, 6) is 0.267. The molecule has 0 fully saturated rings. The van der Waals surface area contributed by atoms with Crippen molar-refractivity contribution in [3.05, 3.63) is 34.9 Å². The number of carbonyl (C=O) groups excluding carboxylic acids is 1. The lowest BCUT2D eigenvalue weighted by molar-refractivity contribution is -0.118. The van der Waals surface area contributed by atoms with Crippen molar-refractivity contribution < 1.29 is 4.79 Å². The van der Waals surface area contributed by atoms with Crippen LogP contribution in [0, 0.1) is 0 Å². The Morgan fingerprint density at radius 1 is 1.38 bits per heavy atom. The maximum absolute atomic E-state index is 11.6. The van der Waals surface area contributed by atoms with E-state index in [0.29, 0.717) is 17.9 Å². The Morgan fingerprint density at radius 3 is 2.56 bits per heavy atom. The van der Waals surface area contributed by atoms with E-state index in [1.807, 2.05) is 31.2 Å². The van der Waals surface area contributed by atoms with Gasteiger partial charge >= 0.3 is 0 Å². The fraction of sp³-hybridized carbons (Fsp3) is 0.462. The van der Waals surface area contributed by atoms with E-state index in [1.54, 1.807) is 0 Å². The molecule has 0 aromatic heterocycles. The van der Waals surface area contributed by atoms with Crippen LogP contribution >= 0.6 is 11.6 Å². The molecule has 88 valence electrons. The van der Waals surface area contributed by atoms with E-state index in [1.165, 1.54) is 0 Å². The van der Waals surface area contributed by atoms with Crippen LogP contribution in [0.3, 0.4) is 0 Å². The number of nitrogens with two attached hydrogens (primary N) is 1. The van der Waals surface area contributed by atoms with Gasteiger partial charge in [0.1, 0.15) is 5.78 Å². The summed E-state index contributed by atoms with van der Waals surface area (Å²) in [5, 5.41) is 0.702. The first-order valence-corrected chi connectivity index (χ1v) is 5.97. The van der Waals surface area contributed by atoms with Crippen LogP contribution in [0.4, 0.5) is 0 Å². The van der Waals surface area contributed by atoms with E-state index in [4.69, 9.17) is 17.3 Å². The second-order valence-corrected chi connectivity index (χ2v) is 4.65. The molecule has 3 heteroatoms. The third kappa shape index (κ3) is 5.29. The first-order valence-electron chi connectivity index (χ1n) is 5.59. The van der Waals surface area contributed by atoms with Crippen LogP contribution in [-0.4, -0.2) is 11.8 Å². The van der Waals surface area contributed by atoms with Gasteiger partial charge in [-0.15, -0.1) is 0 Å². The maximum atomic E-state index is 11.6. The summed E-state index contributed by atoms with van der Waals surface area (Å²) in [6, 6.07) is 7.60. The van der Waals surface area contributed by atoms with E-state index >= 15 is 0 Å². The van der Waals surface area contributed by atoms with Gasteiger partial charge in [0.25, 0.3) is 0 Å². The number of benzene rings is 1. The van der Waals surface area contributed by atoms with Crippen molar-refractivity contribution >= 4 is 17.4 Å². The topological polar surface area (TPSA) is 43.1 Å². The lowest BCUT2D eigenvalue weighted by Crippen LogP contribution is -2.15. The Hall–Kier alpha value is -0.860. The maximum Gasteiger partial charge on any atom is 0.137 e. The van der Waals surface area contributed by atoms with Crippen LogP contribution in [-0.2, 0) is 11.2 Å². The minimum atomic E-state index is 0.184. The van der Waals surface area contributed by atoms with Gasteiger partial charge in [-0.3, -0.25) is 4.79 Å². The number of hydrogen-bond donors (Lipinski definition) is 1. The summed E-state index contributed by atoms with van der Waals surface area (Å²) in [5.41, 5.74) is 6.65. The lowest BCUT2D eigenvalue weighted by atomic mass is 10.0. The molecule has 0 aliphatic rings. The molecule has 0 saturated heterocycles. The quantitative estimate of drug-likeness (QED) is 0.830. The van der Waals surface area contributed by atoms with E-state index in [-0.39, 0.29) is 11.8 Å². The number of carbonyl (C=O) groups is 1. The van der Waals surface area contributed by atoms with Crippen molar-refractivity contribution in [1.29, 1.82) is 0 Å². The molecular weight excluding hydrogens is 222 g/mol. The molecule has 0 aliphatic carbocycles. The van der Waals surface area contributed by atoms with Gasteiger partial charge in [0.05, 0.1) is 0 Å². The van der Waals surface area contributed by atoms with Gasteiger partial charge in [-0.25, -0.2) is 0 Å². The summed E-state index contributed by atoms with van der Waals surface area (Å²) in [4.78, 5) is 11.6. The van der Waals surface area contributed by atoms with Crippen LogP contribution in [0.1, 0.15) is 31.7 Å². The predicted molar refractivity (Wildman–Crippen MR) is 67.7 cm³/mol. The summed E-state index contributed by atoms with van der Waals surface area (Å²) in [7, 11) is 0. The van der Waals surface area contributed by atoms with Gasteiger partial charge in [0, 0.05) is 23.9 Å². The average Bonchev–Trinajstić information content (AvgIpc) is 2.21.